The number of nitrogens with zero attached hydrogens (tertiary/aromatic N) is 1. The molecular weight excluding hydrogens is 320 g/mol. The lowest BCUT2D eigenvalue weighted by Crippen LogP contribution is -1.90. The van der Waals surface area contributed by atoms with Crippen molar-refractivity contribution >= 4 is 43.2 Å². The predicted octanol–water partition coefficient (Wildman–Crippen LogP) is 4.69. The van der Waals surface area contributed by atoms with Gasteiger partial charge < -0.3 is 5.32 Å². The first-order valence-corrected chi connectivity index (χ1v) is 7.84. The number of nitrogens with one attached hydrogen (secondary N) is 1. The molecule has 4 rings (SSSR count). The van der Waals surface area contributed by atoms with Crippen LogP contribution in [-0.4, -0.2) is 11.5 Å². The van der Waals surface area contributed by atoms with Crippen LogP contribution >= 0.6 is 27.3 Å². The zero-order chi connectivity index (χ0) is 12.8. The number of hydrogen-bond acceptors (Lipinski definition) is 3. The second-order valence-electron chi connectivity index (χ2n) is 4.68. The van der Waals surface area contributed by atoms with Gasteiger partial charge in [0.1, 0.15) is 5.01 Å². The molecule has 0 saturated heterocycles. The van der Waals surface area contributed by atoms with Crippen molar-refractivity contribution in [2.24, 2.45) is 0 Å². The summed E-state index contributed by atoms with van der Waals surface area (Å²) in [6.45, 7) is 1.05. The summed E-state index contributed by atoms with van der Waals surface area (Å²) in [7, 11) is 0. The van der Waals surface area contributed by atoms with Crippen LogP contribution in [0.2, 0.25) is 0 Å². The van der Waals surface area contributed by atoms with Crippen LogP contribution < -0.4 is 5.32 Å². The third-order valence-corrected chi connectivity index (χ3v) is 4.99. The Morgan fingerprint density at radius 3 is 3.05 bits per heavy atom. The zero-order valence-corrected chi connectivity index (χ0v) is 12.5. The lowest BCUT2D eigenvalue weighted by molar-refractivity contribution is 1.11. The van der Waals surface area contributed by atoms with E-state index in [2.05, 4.69) is 57.6 Å². The van der Waals surface area contributed by atoms with Crippen LogP contribution in [0, 0.1) is 0 Å². The maximum absolute atomic E-state index is 4.73. The average Bonchev–Trinajstić information content (AvgIpc) is 3.02. The maximum Gasteiger partial charge on any atom is 0.124 e. The van der Waals surface area contributed by atoms with Crippen molar-refractivity contribution in [3.8, 4) is 10.6 Å². The third-order valence-electron chi connectivity index (χ3n) is 3.42. The summed E-state index contributed by atoms with van der Waals surface area (Å²) in [4.78, 5) is 4.73. The van der Waals surface area contributed by atoms with Crippen molar-refractivity contribution in [1.82, 2.24) is 4.98 Å². The Morgan fingerprint density at radius 1 is 1.16 bits per heavy atom. The van der Waals surface area contributed by atoms with Gasteiger partial charge in [0.05, 0.1) is 10.2 Å². The minimum Gasteiger partial charge on any atom is -0.384 e. The second kappa shape index (κ2) is 4.32. The first-order valence-electron chi connectivity index (χ1n) is 6.23. The summed E-state index contributed by atoms with van der Waals surface area (Å²) in [6.07, 6.45) is 1.13. The molecule has 0 unspecified atom stereocenters. The number of aromatic nitrogens is 1. The van der Waals surface area contributed by atoms with Crippen molar-refractivity contribution in [3.05, 3.63) is 46.4 Å². The van der Waals surface area contributed by atoms with Crippen LogP contribution in [0.25, 0.3) is 20.8 Å². The van der Waals surface area contributed by atoms with Crippen LogP contribution in [0.5, 0.6) is 0 Å². The first-order chi connectivity index (χ1) is 9.29. The number of benzene rings is 2. The van der Waals surface area contributed by atoms with Crippen molar-refractivity contribution in [1.29, 1.82) is 0 Å². The Balaban J connectivity index is 1.85. The average molecular weight is 331 g/mol. The second-order valence-corrected chi connectivity index (χ2v) is 6.63. The molecule has 0 radical (unpaired) electrons. The van der Waals surface area contributed by atoms with Crippen LogP contribution in [0.15, 0.2) is 40.9 Å². The van der Waals surface area contributed by atoms with Crippen LogP contribution in [0.1, 0.15) is 5.56 Å². The minimum atomic E-state index is 1.05. The lowest BCUT2D eigenvalue weighted by Gasteiger charge is -2.01. The molecule has 19 heavy (non-hydrogen) atoms. The molecule has 3 aromatic rings. The minimum absolute atomic E-state index is 1.05. The van der Waals surface area contributed by atoms with Gasteiger partial charge in [-0.1, -0.05) is 28.1 Å². The predicted molar refractivity (Wildman–Crippen MR) is 84.9 cm³/mol. The van der Waals surface area contributed by atoms with Gasteiger partial charge in [0.25, 0.3) is 0 Å². The number of hydrogen-bond donors (Lipinski definition) is 1. The van der Waals surface area contributed by atoms with Gasteiger partial charge in [-0.15, -0.1) is 11.3 Å². The normalized spacial score (nSPS) is 13.5. The summed E-state index contributed by atoms with van der Waals surface area (Å²) >= 11 is 5.24. The molecule has 1 aliphatic heterocycles. The zero-order valence-electron chi connectivity index (χ0n) is 10.1. The lowest BCUT2D eigenvalue weighted by atomic mass is 10.1. The molecule has 2 nitrogen and oxygen atoms in total. The summed E-state index contributed by atoms with van der Waals surface area (Å²) in [6, 6.07) is 12.9. The molecule has 4 heteroatoms. The smallest absolute Gasteiger partial charge is 0.124 e. The summed E-state index contributed by atoms with van der Waals surface area (Å²) in [5, 5.41) is 4.51. The van der Waals surface area contributed by atoms with Gasteiger partial charge in [-0.3, -0.25) is 0 Å². The Bertz CT molecular complexity index is 779. The van der Waals surface area contributed by atoms with E-state index in [0.29, 0.717) is 0 Å². The van der Waals surface area contributed by atoms with Crippen LogP contribution in [-0.2, 0) is 6.42 Å². The molecule has 2 heterocycles. The maximum atomic E-state index is 4.73. The highest BCUT2D eigenvalue weighted by atomic mass is 79.9. The highest BCUT2D eigenvalue weighted by molar-refractivity contribution is 9.10. The first kappa shape index (κ1) is 11.4. The third kappa shape index (κ3) is 1.95. The number of anilines is 1. The van der Waals surface area contributed by atoms with E-state index in [1.807, 2.05) is 0 Å². The standard InChI is InChI=1S/C15H11BrN2S/c16-11-3-4-14-13(8-11)18-15(19-14)10-2-1-9-5-6-17-12(9)7-10/h1-4,7-8,17H,5-6H2. The van der Waals surface area contributed by atoms with Crippen molar-refractivity contribution in [2.45, 2.75) is 6.42 Å². The van der Waals surface area contributed by atoms with E-state index in [9.17, 15) is 0 Å². The fourth-order valence-electron chi connectivity index (χ4n) is 2.45. The van der Waals surface area contributed by atoms with E-state index in [1.54, 1.807) is 11.3 Å². The highest BCUT2D eigenvalue weighted by Crippen LogP contribution is 2.34. The SMILES string of the molecule is Brc1ccc2sc(-c3ccc4c(c3)NCC4)nc2c1. The Morgan fingerprint density at radius 2 is 2.11 bits per heavy atom. The van der Waals surface area contributed by atoms with Crippen molar-refractivity contribution in [2.75, 3.05) is 11.9 Å². The molecule has 1 N–H and O–H groups in total. The number of thiazole rings is 1. The molecule has 0 saturated carbocycles. The summed E-state index contributed by atoms with van der Waals surface area (Å²) < 4.78 is 2.30. The molecule has 0 spiro atoms. The Labute approximate surface area is 123 Å². The summed E-state index contributed by atoms with van der Waals surface area (Å²) in [5.74, 6) is 0. The van der Waals surface area contributed by atoms with Gasteiger partial charge in [-0.2, -0.15) is 0 Å². The number of fused-ring (bicyclic) bond motifs is 2. The Kier molecular flexibility index (Phi) is 2.60. The molecule has 0 fully saturated rings. The molecule has 0 amide bonds. The molecule has 1 aromatic heterocycles. The highest BCUT2D eigenvalue weighted by Gasteiger charge is 2.12. The van der Waals surface area contributed by atoms with Gasteiger partial charge in [0.15, 0.2) is 0 Å². The van der Waals surface area contributed by atoms with Gasteiger partial charge in [0, 0.05) is 22.3 Å². The fourth-order valence-corrected chi connectivity index (χ4v) is 3.74. The molecule has 1 aliphatic rings. The monoisotopic (exact) mass is 330 g/mol. The summed E-state index contributed by atoms with van der Waals surface area (Å²) in [5.41, 5.74) is 4.93. The van der Waals surface area contributed by atoms with Gasteiger partial charge in [-0.05, 0) is 36.2 Å². The molecule has 0 atom stereocenters. The van der Waals surface area contributed by atoms with Gasteiger partial charge in [-0.25, -0.2) is 4.98 Å². The number of halogens is 1. The Hall–Kier alpha value is -1.39. The molecule has 0 aliphatic carbocycles. The fraction of sp³-hybridized carbons (Fsp3) is 0.133. The largest absolute Gasteiger partial charge is 0.384 e. The molecule has 94 valence electrons. The van der Waals surface area contributed by atoms with Gasteiger partial charge >= 0.3 is 0 Å². The molecular formula is C15H11BrN2S. The quantitative estimate of drug-likeness (QED) is 0.699. The number of rotatable bonds is 1. The van der Waals surface area contributed by atoms with E-state index in [1.165, 1.54) is 21.5 Å². The molecule has 0 bridgehead atoms. The van der Waals surface area contributed by atoms with Crippen molar-refractivity contribution in [3.63, 3.8) is 0 Å². The van der Waals surface area contributed by atoms with Crippen LogP contribution in [0.4, 0.5) is 5.69 Å². The van der Waals surface area contributed by atoms with Crippen molar-refractivity contribution < 1.29 is 0 Å². The van der Waals surface area contributed by atoms with E-state index < -0.39 is 0 Å². The topological polar surface area (TPSA) is 24.9 Å². The van der Waals surface area contributed by atoms with E-state index in [4.69, 9.17) is 4.98 Å². The molecule has 2 aromatic carbocycles. The van der Waals surface area contributed by atoms with E-state index >= 15 is 0 Å². The van der Waals surface area contributed by atoms with E-state index in [0.717, 1.165) is 28.0 Å². The van der Waals surface area contributed by atoms with Gasteiger partial charge in [0.2, 0.25) is 0 Å². The van der Waals surface area contributed by atoms with E-state index in [-0.39, 0.29) is 0 Å². The van der Waals surface area contributed by atoms with Crippen LogP contribution in [0.3, 0.4) is 0 Å².